The molecule has 0 heterocycles. The van der Waals surface area contributed by atoms with Gasteiger partial charge in [-0.25, -0.2) is 0 Å². The average Bonchev–Trinajstić information content (AvgIpc) is 2.34. The fourth-order valence-corrected chi connectivity index (χ4v) is 1.93. The van der Waals surface area contributed by atoms with Crippen LogP contribution in [0.5, 0.6) is 0 Å². The molecule has 1 aromatic carbocycles. The van der Waals surface area contributed by atoms with Gasteiger partial charge in [0.05, 0.1) is 6.61 Å². The van der Waals surface area contributed by atoms with Crippen molar-refractivity contribution in [2.75, 3.05) is 13.2 Å². The standard InChI is InChI=1S/C15H25NO/c1-5-15(16-13(4)11-17-6-2)14-9-7-12(3)8-10-14/h7-10,13,15-16H,5-6,11H2,1-4H3. The minimum atomic E-state index is 0.390. The summed E-state index contributed by atoms with van der Waals surface area (Å²) in [6.45, 7) is 10.1. The Morgan fingerprint density at radius 2 is 1.82 bits per heavy atom. The molecule has 0 spiro atoms. The minimum absolute atomic E-state index is 0.390. The fraction of sp³-hybridized carbons (Fsp3) is 0.600. The molecule has 0 aliphatic carbocycles. The lowest BCUT2D eigenvalue weighted by atomic mass is 10.0. The number of hydrogen-bond donors (Lipinski definition) is 1. The van der Waals surface area contributed by atoms with Crippen LogP contribution in [0.4, 0.5) is 0 Å². The quantitative estimate of drug-likeness (QED) is 0.781. The summed E-state index contributed by atoms with van der Waals surface area (Å²) >= 11 is 0. The number of nitrogens with one attached hydrogen (secondary N) is 1. The molecule has 2 heteroatoms. The van der Waals surface area contributed by atoms with Gasteiger partial charge in [-0.3, -0.25) is 0 Å². The minimum Gasteiger partial charge on any atom is -0.380 e. The molecule has 2 nitrogen and oxygen atoms in total. The molecule has 1 aromatic rings. The van der Waals surface area contributed by atoms with Crippen molar-refractivity contribution in [3.05, 3.63) is 35.4 Å². The number of benzene rings is 1. The van der Waals surface area contributed by atoms with Gasteiger partial charge in [0.15, 0.2) is 0 Å². The maximum Gasteiger partial charge on any atom is 0.0616 e. The van der Waals surface area contributed by atoms with E-state index in [9.17, 15) is 0 Å². The second-order valence-corrected chi connectivity index (χ2v) is 4.60. The molecule has 2 atom stereocenters. The summed E-state index contributed by atoms with van der Waals surface area (Å²) in [5.41, 5.74) is 2.67. The molecule has 0 saturated carbocycles. The maximum atomic E-state index is 5.43. The summed E-state index contributed by atoms with van der Waals surface area (Å²) in [4.78, 5) is 0. The zero-order valence-electron chi connectivity index (χ0n) is 11.5. The molecule has 1 rings (SSSR count). The molecule has 0 saturated heterocycles. The summed E-state index contributed by atoms with van der Waals surface area (Å²) in [6.07, 6.45) is 1.10. The van der Waals surface area contributed by atoms with E-state index in [2.05, 4.69) is 50.4 Å². The summed E-state index contributed by atoms with van der Waals surface area (Å²) in [7, 11) is 0. The van der Waals surface area contributed by atoms with Crippen LogP contribution < -0.4 is 5.32 Å². The summed E-state index contributed by atoms with van der Waals surface area (Å²) in [5.74, 6) is 0. The monoisotopic (exact) mass is 235 g/mol. The molecule has 0 amide bonds. The van der Waals surface area contributed by atoms with Gasteiger partial charge in [0.2, 0.25) is 0 Å². The molecule has 96 valence electrons. The van der Waals surface area contributed by atoms with E-state index in [1.54, 1.807) is 0 Å². The van der Waals surface area contributed by atoms with E-state index in [-0.39, 0.29) is 0 Å². The Morgan fingerprint density at radius 1 is 1.18 bits per heavy atom. The highest BCUT2D eigenvalue weighted by Crippen LogP contribution is 2.17. The third-order valence-corrected chi connectivity index (χ3v) is 2.95. The first-order valence-electron chi connectivity index (χ1n) is 6.57. The van der Waals surface area contributed by atoms with Crippen LogP contribution in [0, 0.1) is 6.92 Å². The Kier molecular flexibility index (Phi) is 6.23. The normalized spacial score (nSPS) is 14.6. The lowest BCUT2D eigenvalue weighted by Gasteiger charge is -2.22. The van der Waals surface area contributed by atoms with E-state index in [0.29, 0.717) is 12.1 Å². The maximum absolute atomic E-state index is 5.43. The van der Waals surface area contributed by atoms with Crippen molar-refractivity contribution >= 4 is 0 Å². The van der Waals surface area contributed by atoms with Crippen LogP contribution in [0.1, 0.15) is 44.4 Å². The van der Waals surface area contributed by atoms with Crippen LogP contribution in [0.3, 0.4) is 0 Å². The number of aryl methyl sites for hydroxylation is 1. The van der Waals surface area contributed by atoms with E-state index in [4.69, 9.17) is 4.74 Å². The molecule has 2 unspecified atom stereocenters. The van der Waals surface area contributed by atoms with Gasteiger partial charge in [0.1, 0.15) is 0 Å². The van der Waals surface area contributed by atoms with Crippen LogP contribution in [0.15, 0.2) is 24.3 Å². The third kappa shape index (κ3) is 4.88. The summed E-state index contributed by atoms with van der Waals surface area (Å²) < 4.78 is 5.43. The zero-order chi connectivity index (χ0) is 12.7. The molecular formula is C15H25NO. The lowest BCUT2D eigenvalue weighted by molar-refractivity contribution is 0.123. The smallest absolute Gasteiger partial charge is 0.0616 e. The summed E-state index contributed by atoms with van der Waals surface area (Å²) in [5, 5.41) is 3.61. The van der Waals surface area contributed by atoms with E-state index in [0.717, 1.165) is 19.6 Å². The van der Waals surface area contributed by atoms with Gasteiger partial charge in [-0.2, -0.15) is 0 Å². The Balaban J connectivity index is 2.56. The number of rotatable bonds is 7. The van der Waals surface area contributed by atoms with Gasteiger partial charge in [0, 0.05) is 18.7 Å². The van der Waals surface area contributed by atoms with Crippen molar-refractivity contribution in [3.63, 3.8) is 0 Å². The van der Waals surface area contributed by atoms with Gasteiger partial charge < -0.3 is 10.1 Å². The third-order valence-electron chi connectivity index (χ3n) is 2.95. The highest BCUT2D eigenvalue weighted by atomic mass is 16.5. The number of ether oxygens (including phenoxy) is 1. The van der Waals surface area contributed by atoms with Crippen LogP contribution in [0.2, 0.25) is 0 Å². The van der Waals surface area contributed by atoms with Crippen molar-refractivity contribution in [3.8, 4) is 0 Å². The van der Waals surface area contributed by atoms with Gasteiger partial charge in [0.25, 0.3) is 0 Å². The largest absolute Gasteiger partial charge is 0.380 e. The van der Waals surface area contributed by atoms with Gasteiger partial charge >= 0.3 is 0 Å². The van der Waals surface area contributed by atoms with Crippen molar-refractivity contribution in [2.24, 2.45) is 0 Å². The molecule has 1 N–H and O–H groups in total. The van der Waals surface area contributed by atoms with E-state index in [1.165, 1.54) is 11.1 Å². The van der Waals surface area contributed by atoms with Gasteiger partial charge in [-0.05, 0) is 32.8 Å². The Bertz CT molecular complexity index is 307. The molecule has 0 aliphatic rings. The first kappa shape index (κ1) is 14.2. The van der Waals surface area contributed by atoms with Crippen LogP contribution in [-0.4, -0.2) is 19.3 Å². The van der Waals surface area contributed by atoms with Crippen molar-refractivity contribution in [1.29, 1.82) is 0 Å². The van der Waals surface area contributed by atoms with Crippen molar-refractivity contribution in [1.82, 2.24) is 5.32 Å². The predicted molar refractivity (Wildman–Crippen MR) is 73.3 cm³/mol. The highest BCUT2D eigenvalue weighted by molar-refractivity contribution is 5.24. The predicted octanol–water partition coefficient (Wildman–Crippen LogP) is 3.46. The fourth-order valence-electron chi connectivity index (χ4n) is 1.93. The highest BCUT2D eigenvalue weighted by Gasteiger charge is 2.12. The zero-order valence-corrected chi connectivity index (χ0v) is 11.5. The van der Waals surface area contributed by atoms with Crippen LogP contribution >= 0.6 is 0 Å². The Hall–Kier alpha value is -0.860. The van der Waals surface area contributed by atoms with E-state index >= 15 is 0 Å². The molecule has 0 bridgehead atoms. The van der Waals surface area contributed by atoms with Crippen molar-refractivity contribution in [2.45, 2.75) is 46.2 Å². The molecule has 0 fully saturated rings. The Morgan fingerprint density at radius 3 is 2.35 bits per heavy atom. The van der Waals surface area contributed by atoms with Gasteiger partial charge in [-0.1, -0.05) is 36.8 Å². The van der Waals surface area contributed by atoms with Crippen LogP contribution in [-0.2, 0) is 4.74 Å². The van der Waals surface area contributed by atoms with Gasteiger partial charge in [-0.15, -0.1) is 0 Å². The van der Waals surface area contributed by atoms with E-state index < -0.39 is 0 Å². The second kappa shape index (κ2) is 7.46. The number of hydrogen-bond acceptors (Lipinski definition) is 2. The molecular weight excluding hydrogens is 210 g/mol. The molecule has 17 heavy (non-hydrogen) atoms. The first-order chi connectivity index (χ1) is 8.17. The molecule has 0 aliphatic heterocycles. The second-order valence-electron chi connectivity index (χ2n) is 4.60. The Labute approximate surface area is 105 Å². The first-order valence-corrected chi connectivity index (χ1v) is 6.57. The average molecular weight is 235 g/mol. The summed E-state index contributed by atoms with van der Waals surface area (Å²) in [6, 6.07) is 9.58. The van der Waals surface area contributed by atoms with E-state index in [1.807, 2.05) is 6.92 Å². The lowest BCUT2D eigenvalue weighted by Crippen LogP contribution is -2.33. The topological polar surface area (TPSA) is 21.3 Å². The molecule has 0 aromatic heterocycles. The molecule has 0 radical (unpaired) electrons. The van der Waals surface area contributed by atoms with Crippen LogP contribution in [0.25, 0.3) is 0 Å². The van der Waals surface area contributed by atoms with Crippen molar-refractivity contribution < 1.29 is 4.74 Å². The SMILES string of the molecule is CCOCC(C)NC(CC)c1ccc(C)cc1.